The summed E-state index contributed by atoms with van der Waals surface area (Å²) in [5.74, 6) is 2.83. The molecule has 0 aliphatic carbocycles. The van der Waals surface area contributed by atoms with Crippen molar-refractivity contribution in [3.63, 3.8) is 0 Å². The fourth-order valence-corrected chi connectivity index (χ4v) is 3.19. The summed E-state index contributed by atoms with van der Waals surface area (Å²) in [6, 6.07) is 9.75. The van der Waals surface area contributed by atoms with Gasteiger partial charge in [0.2, 0.25) is 5.78 Å². The van der Waals surface area contributed by atoms with Crippen molar-refractivity contribution in [1.82, 2.24) is 29.1 Å². The molecule has 4 aromatic rings. The molecule has 0 amide bonds. The third-order valence-corrected chi connectivity index (χ3v) is 4.58. The summed E-state index contributed by atoms with van der Waals surface area (Å²) < 4.78 is 9.73. The van der Waals surface area contributed by atoms with Crippen LogP contribution < -0.4 is 4.74 Å². The van der Waals surface area contributed by atoms with Gasteiger partial charge in [-0.2, -0.15) is 5.10 Å². The molecule has 0 saturated carbocycles. The van der Waals surface area contributed by atoms with Gasteiger partial charge in [0, 0.05) is 12.4 Å². The van der Waals surface area contributed by atoms with E-state index in [4.69, 9.17) is 4.74 Å². The highest BCUT2D eigenvalue weighted by Gasteiger charge is 2.19. The Labute approximate surface area is 152 Å². The van der Waals surface area contributed by atoms with Gasteiger partial charge in [-0.25, -0.2) is 19.6 Å². The van der Waals surface area contributed by atoms with Crippen molar-refractivity contribution in [1.29, 1.82) is 0 Å². The van der Waals surface area contributed by atoms with E-state index in [-0.39, 0.29) is 0 Å². The first-order valence-electron chi connectivity index (χ1n) is 7.69. The molecular formula is C17H15BrN6O. The Balaban J connectivity index is 1.76. The predicted molar refractivity (Wildman–Crippen MR) is 96.5 cm³/mol. The number of nitrogens with zero attached hydrogens (tertiary/aromatic N) is 6. The van der Waals surface area contributed by atoms with Gasteiger partial charge < -0.3 is 4.74 Å². The Morgan fingerprint density at radius 3 is 2.68 bits per heavy atom. The Morgan fingerprint density at radius 2 is 1.96 bits per heavy atom. The minimum atomic E-state index is 0.591. The summed E-state index contributed by atoms with van der Waals surface area (Å²) in [6.07, 6.45) is 3.62. The van der Waals surface area contributed by atoms with Crippen LogP contribution >= 0.6 is 15.9 Å². The molecule has 0 spiro atoms. The van der Waals surface area contributed by atoms with E-state index < -0.39 is 0 Å². The van der Waals surface area contributed by atoms with E-state index in [9.17, 15) is 0 Å². The van der Waals surface area contributed by atoms with Gasteiger partial charge in [-0.1, -0.05) is 12.1 Å². The van der Waals surface area contributed by atoms with Gasteiger partial charge in [0.15, 0.2) is 5.82 Å². The molecule has 0 bridgehead atoms. The van der Waals surface area contributed by atoms with Crippen LogP contribution in [0.25, 0.3) is 17.3 Å². The molecular weight excluding hydrogens is 384 g/mol. The molecule has 25 heavy (non-hydrogen) atoms. The summed E-state index contributed by atoms with van der Waals surface area (Å²) >= 11 is 3.60. The van der Waals surface area contributed by atoms with Gasteiger partial charge in [-0.3, -0.25) is 4.40 Å². The van der Waals surface area contributed by atoms with Gasteiger partial charge >= 0.3 is 0 Å². The molecule has 0 radical (unpaired) electrons. The lowest BCUT2D eigenvalue weighted by molar-refractivity contribution is 0.414. The minimum absolute atomic E-state index is 0.591. The molecule has 0 aliphatic heterocycles. The second-order valence-electron chi connectivity index (χ2n) is 5.53. The topological polar surface area (TPSA) is 70.1 Å². The van der Waals surface area contributed by atoms with Crippen molar-refractivity contribution in [2.75, 3.05) is 7.11 Å². The quantitative estimate of drug-likeness (QED) is 0.528. The van der Waals surface area contributed by atoms with Crippen LogP contribution in [0.3, 0.4) is 0 Å². The zero-order valence-corrected chi connectivity index (χ0v) is 15.3. The molecule has 8 heteroatoms. The van der Waals surface area contributed by atoms with E-state index >= 15 is 0 Å². The van der Waals surface area contributed by atoms with E-state index in [1.807, 2.05) is 52.5 Å². The molecule has 4 rings (SSSR count). The number of hydrogen-bond acceptors (Lipinski definition) is 5. The van der Waals surface area contributed by atoms with E-state index in [1.165, 1.54) is 0 Å². The van der Waals surface area contributed by atoms with Gasteiger partial charge in [0.25, 0.3) is 0 Å². The molecule has 3 heterocycles. The summed E-state index contributed by atoms with van der Waals surface area (Å²) in [5.41, 5.74) is 1.82. The van der Waals surface area contributed by atoms with Crippen LogP contribution in [0.4, 0.5) is 0 Å². The number of fused-ring (bicyclic) bond motifs is 1. The van der Waals surface area contributed by atoms with Gasteiger partial charge in [0.1, 0.15) is 21.9 Å². The predicted octanol–water partition coefficient (Wildman–Crippen LogP) is 3.12. The van der Waals surface area contributed by atoms with E-state index in [0.717, 1.165) is 15.9 Å². The lowest BCUT2D eigenvalue weighted by Crippen LogP contribution is -2.05. The second-order valence-corrected chi connectivity index (χ2v) is 6.28. The SMILES string of the molecule is COc1ccc(Cn2nc(C)nc2-c2nc3ncccn3c2Br)cc1. The summed E-state index contributed by atoms with van der Waals surface area (Å²) in [4.78, 5) is 13.4. The Morgan fingerprint density at radius 1 is 1.16 bits per heavy atom. The summed E-state index contributed by atoms with van der Waals surface area (Å²) in [6.45, 7) is 2.46. The number of aryl methyl sites for hydroxylation is 1. The van der Waals surface area contributed by atoms with Crippen molar-refractivity contribution in [3.8, 4) is 17.3 Å². The third-order valence-electron chi connectivity index (χ3n) is 3.83. The number of ether oxygens (including phenoxy) is 1. The van der Waals surface area contributed by atoms with Gasteiger partial charge in [-0.15, -0.1) is 0 Å². The zero-order chi connectivity index (χ0) is 17.4. The molecule has 126 valence electrons. The Kier molecular flexibility index (Phi) is 3.96. The van der Waals surface area contributed by atoms with E-state index in [2.05, 4.69) is 36.0 Å². The molecule has 0 fully saturated rings. The molecule has 7 nitrogen and oxygen atoms in total. The number of rotatable bonds is 4. The van der Waals surface area contributed by atoms with Crippen molar-refractivity contribution in [3.05, 3.63) is 58.7 Å². The molecule has 0 unspecified atom stereocenters. The average Bonchev–Trinajstić information content (AvgIpc) is 3.16. The Hall–Kier alpha value is -2.74. The van der Waals surface area contributed by atoms with Gasteiger partial charge in [-0.05, 0) is 46.6 Å². The highest BCUT2D eigenvalue weighted by atomic mass is 79.9. The number of benzene rings is 1. The molecule has 1 aromatic carbocycles. The molecule has 3 aromatic heterocycles. The highest BCUT2D eigenvalue weighted by Crippen LogP contribution is 2.27. The van der Waals surface area contributed by atoms with Crippen molar-refractivity contribution >= 4 is 21.7 Å². The lowest BCUT2D eigenvalue weighted by atomic mass is 10.2. The largest absolute Gasteiger partial charge is 0.497 e. The maximum Gasteiger partial charge on any atom is 0.235 e. The first-order valence-corrected chi connectivity index (χ1v) is 8.48. The maximum absolute atomic E-state index is 5.21. The van der Waals surface area contributed by atoms with Crippen LogP contribution in [0.1, 0.15) is 11.4 Å². The maximum atomic E-state index is 5.21. The smallest absolute Gasteiger partial charge is 0.235 e. The van der Waals surface area contributed by atoms with Crippen LogP contribution in [0.15, 0.2) is 47.3 Å². The number of methoxy groups -OCH3 is 1. The number of imidazole rings is 1. The van der Waals surface area contributed by atoms with Crippen LogP contribution in [-0.2, 0) is 6.54 Å². The summed E-state index contributed by atoms with van der Waals surface area (Å²) in [5, 5.41) is 4.52. The van der Waals surface area contributed by atoms with Crippen LogP contribution in [0, 0.1) is 6.92 Å². The fourth-order valence-electron chi connectivity index (χ4n) is 2.65. The van der Waals surface area contributed by atoms with Crippen LogP contribution in [0.2, 0.25) is 0 Å². The lowest BCUT2D eigenvalue weighted by Gasteiger charge is -2.06. The van der Waals surface area contributed by atoms with Crippen molar-refractivity contribution in [2.45, 2.75) is 13.5 Å². The third kappa shape index (κ3) is 2.89. The minimum Gasteiger partial charge on any atom is -0.497 e. The molecule has 0 saturated heterocycles. The molecule has 0 aliphatic rings. The molecule has 0 N–H and O–H groups in total. The van der Waals surface area contributed by atoms with Crippen molar-refractivity contribution in [2.24, 2.45) is 0 Å². The standard InChI is InChI=1S/C17H15BrN6O/c1-11-20-16(14-15(18)23-9-3-8-19-17(23)21-14)24(22-11)10-12-4-6-13(25-2)7-5-12/h3-9H,10H2,1-2H3. The van der Waals surface area contributed by atoms with Crippen LogP contribution in [0.5, 0.6) is 5.75 Å². The normalized spacial score (nSPS) is 11.2. The fraction of sp³-hybridized carbons (Fsp3) is 0.176. The molecule has 0 atom stereocenters. The van der Waals surface area contributed by atoms with Crippen molar-refractivity contribution < 1.29 is 4.74 Å². The average molecular weight is 399 g/mol. The number of aromatic nitrogens is 6. The summed E-state index contributed by atoms with van der Waals surface area (Å²) in [7, 11) is 1.66. The first kappa shape index (κ1) is 15.8. The number of hydrogen-bond donors (Lipinski definition) is 0. The van der Waals surface area contributed by atoms with E-state index in [1.54, 1.807) is 13.3 Å². The monoisotopic (exact) mass is 398 g/mol. The van der Waals surface area contributed by atoms with E-state index in [0.29, 0.717) is 29.7 Å². The highest BCUT2D eigenvalue weighted by molar-refractivity contribution is 9.10. The van der Waals surface area contributed by atoms with Gasteiger partial charge in [0.05, 0.1) is 13.7 Å². The Bertz CT molecular complexity index is 1040. The second kappa shape index (κ2) is 6.29. The zero-order valence-electron chi connectivity index (χ0n) is 13.7. The van der Waals surface area contributed by atoms with Crippen LogP contribution in [-0.4, -0.2) is 36.2 Å². The first-order chi connectivity index (χ1) is 12.2. The number of halogens is 1.